The van der Waals surface area contributed by atoms with Crippen LogP contribution in [0.2, 0.25) is 0 Å². The van der Waals surface area contributed by atoms with Gasteiger partial charge in [-0.1, -0.05) is 6.92 Å². The highest BCUT2D eigenvalue weighted by atomic mass is 16.2. The number of hydrogen-bond acceptors (Lipinski definition) is 5. The van der Waals surface area contributed by atoms with Gasteiger partial charge in [-0.15, -0.1) is 0 Å². The second-order valence-corrected chi connectivity index (χ2v) is 5.15. The predicted octanol–water partition coefficient (Wildman–Crippen LogP) is 1.03. The maximum absolute atomic E-state index is 12.1. The molecular formula is C14H23N5O. The van der Waals surface area contributed by atoms with Gasteiger partial charge < -0.3 is 16.0 Å². The van der Waals surface area contributed by atoms with Gasteiger partial charge in [-0.05, 0) is 26.2 Å². The molecule has 1 unspecified atom stereocenters. The molecule has 6 heteroatoms. The van der Waals surface area contributed by atoms with Crippen LogP contribution >= 0.6 is 0 Å². The highest BCUT2D eigenvalue weighted by Crippen LogP contribution is 2.28. The Bertz CT molecular complexity index is 503. The Morgan fingerprint density at radius 3 is 2.85 bits per heavy atom. The zero-order valence-corrected chi connectivity index (χ0v) is 12.4. The Kier molecular flexibility index (Phi) is 4.42. The molecule has 110 valence electrons. The van der Waals surface area contributed by atoms with Crippen molar-refractivity contribution in [3.05, 3.63) is 11.4 Å². The molecule has 1 saturated heterocycles. The van der Waals surface area contributed by atoms with Crippen LogP contribution in [0, 0.1) is 6.92 Å². The van der Waals surface area contributed by atoms with E-state index in [2.05, 4.69) is 20.2 Å². The van der Waals surface area contributed by atoms with Gasteiger partial charge in [-0.2, -0.15) is 0 Å². The predicted molar refractivity (Wildman–Crippen MR) is 79.6 cm³/mol. The van der Waals surface area contributed by atoms with Crippen molar-refractivity contribution in [2.24, 2.45) is 0 Å². The fourth-order valence-corrected chi connectivity index (χ4v) is 2.63. The van der Waals surface area contributed by atoms with Crippen LogP contribution in [0.5, 0.6) is 0 Å². The Labute approximate surface area is 119 Å². The molecule has 0 saturated carbocycles. The van der Waals surface area contributed by atoms with Gasteiger partial charge in [-0.3, -0.25) is 4.79 Å². The standard InChI is InChI=1S/C14H23N5O/c1-4-11-17-12(15)9(2)13(18-11)19-8-6-5-7-10(19)14(20)16-3/h10H,4-8H2,1-3H3,(H,16,20)(H2,15,17,18). The summed E-state index contributed by atoms with van der Waals surface area (Å²) in [5.41, 5.74) is 6.84. The molecule has 0 spiro atoms. The first-order chi connectivity index (χ1) is 9.58. The highest BCUT2D eigenvalue weighted by Gasteiger charge is 2.30. The molecule has 1 aromatic rings. The van der Waals surface area contributed by atoms with Crippen molar-refractivity contribution in [2.45, 2.75) is 45.6 Å². The van der Waals surface area contributed by atoms with E-state index in [9.17, 15) is 4.79 Å². The van der Waals surface area contributed by atoms with Crippen molar-refractivity contribution in [3.8, 4) is 0 Å². The molecule has 1 aliphatic heterocycles. The van der Waals surface area contributed by atoms with Crippen LogP contribution in [0.25, 0.3) is 0 Å². The molecule has 2 heterocycles. The van der Waals surface area contributed by atoms with Crippen molar-refractivity contribution < 1.29 is 4.79 Å². The van der Waals surface area contributed by atoms with E-state index in [1.54, 1.807) is 7.05 Å². The maximum Gasteiger partial charge on any atom is 0.242 e. The van der Waals surface area contributed by atoms with Gasteiger partial charge in [0.15, 0.2) is 0 Å². The number of nitrogen functional groups attached to an aromatic ring is 1. The van der Waals surface area contributed by atoms with Crippen molar-refractivity contribution >= 4 is 17.5 Å². The van der Waals surface area contributed by atoms with Crippen LogP contribution in [-0.2, 0) is 11.2 Å². The van der Waals surface area contributed by atoms with E-state index in [1.165, 1.54) is 0 Å². The third-order valence-electron chi connectivity index (χ3n) is 3.84. The lowest BCUT2D eigenvalue weighted by atomic mass is 10.0. The molecular weight excluding hydrogens is 254 g/mol. The van der Waals surface area contributed by atoms with E-state index in [0.717, 1.165) is 49.4 Å². The lowest BCUT2D eigenvalue weighted by Crippen LogP contribution is -2.49. The molecule has 2 rings (SSSR count). The van der Waals surface area contributed by atoms with E-state index in [1.807, 2.05) is 13.8 Å². The van der Waals surface area contributed by atoms with E-state index >= 15 is 0 Å². The summed E-state index contributed by atoms with van der Waals surface area (Å²) >= 11 is 0. The largest absolute Gasteiger partial charge is 0.383 e. The number of likely N-dealkylation sites (N-methyl/N-ethyl adjacent to an activating group) is 1. The minimum absolute atomic E-state index is 0.0410. The third kappa shape index (κ3) is 2.69. The topological polar surface area (TPSA) is 84.1 Å². The highest BCUT2D eigenvalue weighted by molar-refractivity contribution is 5.85. The SMILES string of the molecule is CCc1nc(N)c(C)c(N2CCCCC2C(=O)NC)n1. The summed E-state index contributed by atoms with van der Waals surface area (Å²) in [7, 11) is 1.67. The Balaban J connectivity index is 2.41. The van der Waals surface area contributed by atoms with Gasteiger partial charge in [0.2, 0.25) is 5.91 Å². The number of carbonyl (C=O) groups is 1. The lowest BCUT2D eigenvalue weighted by molar-refractivity contribution is -0.122. The van der Waals surface area contributed by atoms with Crippen LogP contribution in [-0.4, -0.2) is 35.5 Å². The number of nitrogens with one attached hydrogen (secondary N) is 1. The van der Waals surface area contributed by atoms with Crippen LogP contribution in [0.4, 0.5) is 11.6 Å². The molecule has 1 fully saturated rings. The van der Waals surface area contributed by atoms with Crippen molar-refractivity contribution in [1.29, 1.82) is 0 Å². The first kappa shape index (κ1) is 14.6. The van der Waals surface area contributed by atoms with Gasteiger partial charge in [0, 0.05) is 25.6 Å². The van der Waals surface area contributed by atoms with Crippen LogP contribution in [0.15, 0.2) is 0 Å². The number of aryl methyl sites for hydroxylation is 1. The zero-order chi connectivity index (χ0) is 14.7. The third-order valence-corrected chi connectivity index (χ3v) is 3.84. The second-order valence-electron chi connectivity index (χ2n) is 5.15. The molecule has 1 atom stereocenters. The van der Waals surface area contributed by atoms with E-state index in [0.29, 0.717) is 5.82 Å². The summed E-state index contributed by atoms with van der Waals surface area (Å²) < 4.78 is 0. The number of nitrogens with two attached hydrogens (primary N) is 1. The van der Waals surface area contributed by atoms with Crippen LogP contribution in [0.3, 0.4) is 0 Å². The molecule has 1 amide bonds. The molecule has 1 aliphatic rings. The molecule has 0 radical (unpaired) electrons. The maximum atomic E-state index is 12.1. The summed E-state index contributed by atoms with van der Waals surface area (Å²) in [5.74, 6) is 2.08. The fraction of sp³-hybridized carbons (Fsp3) is 0.643. The minimum atomic E-state index is -0.161. The first-order valence-electron chi connectivity index (χ1n) is 7.19. The van der Waals surface area contributed by atoms with Crippen molar-refractivity contribution in [3.63, 3.8) is 0 Å². The molecule has 0 bridgehead atoms. The summed E-state index contributed by atoms with van der Waals surface area (Å²) in [5, 5.41) is 2.74. The average molecular weight is 277 g/mol. The zero-order valence-electron chi connectivity index (χ0n) is 12.4. The van der Waals surface area contributed by atoms with Crippen molar-refractivity contribution in [1.82, 2.24) is 15.3 Å². The average Bonchev–Trinajstić information content (AvgIpc) is 2.49. The number of rotatable bonds is 3. The molecule has 3 N–H and O–H groups in total. The Morgan fingerprint density at radius 1 is 1.45 bits per heavy atom. The number of nitrogens with zero attached hydrogens (tertiary/aromatic N) is 3. The van der Waals surface area contributed by atoms with E-state index in [-0.39, 0.29) is 11.9 Å². The van der Waals surface area contributed by atoms with Gasteiger partial charge in [0.25, 0.3) is 0 Å². The van der Waals surface area contributed by atoms with Crippen molar-refractivity contribution in [2.75, 3.05) is 24.2 Å². The second kappa shape index (κ2) is 6.07. The normalized spacial score (nSPS) is 18.9. The summed E-state index contributed by atoms with van der Waals surface area (Å²) in [4.78, 5) is 23.0. The molecule has 0 aromatic carbocycles. The van der Waals surface area contributed by atoms with Gasteiger partial charge >= 0.3 is 0 Å². The van der Waals surface area contributed by atoms with E-state index in [4.69, 9.17) is 5.73 Å². The van der Waals surface area contributed by atoms with Gasteiger partial charge in [0.05, 0.1) is 0 Å². The smallest absolute Gasteiger partial charge is 0.242 e. The Hall–Kier alpha value is -1.85. The molecule has 20 heavy (non-hydrogen) atoms. The first-order valence-corrected chi connectivity index (χ1v) is 7.19. The van der Waals surface area contributed by atoms with Gasteiger partial charge in [0.1, 0.15) is 23.5 Å². The minimum Gasteiger partial charge on any atom is -0.383 e. The van der Waals surface area contributed by atoms with Crippen LogP contribution < -0.4 is 16.0 Å². The molecule has 0 aliphatic carbocycles. The number of carbonyl (C=O) groups excluding carboxylic acids is 1. The quantitative estimate of drug-likeness (QED) is 0.862. The molecule has 1 aromatic heterocycles. The number of piperidine rings is 1. The lowest BCUT2D eigenvalue weighted by Gasteiger charge is -2.36. The number of aromatic nitrogens is 2. The summed E-state index contributed by atoms with van der Waals surface area (Å²) in [6, 6.07) is -0.161. The number of hydrogen-bond donors (Lipinski definition) is 2. The molecule has 6 nitrogen and oxygen atoms in total. The van der Waals surface area contributed by atoms with Crippen LogP contribution in [0.1, 0.15) is 37.6 Å². The fourth-order valence-electron chi connectivity index (χ4n) is 2.63. The Morgan fingerprint density at radius 2 is 2.20 bits per heavy atom. The van der Waals surface area contributed by atoms with Gasteiger partial charge in [-0.25, -0.2) is 9.97 Å². The number of amides is 1. The van der Waals surface area contributed by atoms with E-state index < -0.39 is 0 Å². The number of anilines is 2. The summed E-state index contributed by atoms with van der Waals surface area (Å²) in [6.45, 7) is 4.75. The monoisotopic (exact) mass is 277 g/mol. The summed E-state index contributed by atoms with van der Waals surface area (Å²) in [6.07, 6.45) is 3.72.